The lowest BCUT2D eigenvalue weighted by atomic mass is 9.96. The van der Waals surface area contributed by atoms with Crippen LogP contribution in [0.25, 0.3) is 0 Å². The molecule has 0 aliphatic carbocycles. The molecule has 1 aromatic carbocycles. The molecule has 0 bridgehead atoms. The molecule has 27 heavy (non-hydrogen) atoms. The highest BCUT2D eigenvalue weighted by molar-refractivity contribution is 5.95. The molecule has 7 nitrogen and oxygen atoms in total. The van der Waals surface area contributed by atoms with Gasteiger partial charge in [0.25, 0.3) is 5.91 Å². The summed E-state index contributed by atoms with van der Waals surface area (Å²) in [5.74, 6) is 1.37. The molecule has 0 aromatic heterocycles. The Morgan fingerprint density at radius 3 is 2.11 bits per heavy atom. The van der Waals surface area contributed by atoms with Gasteiger partial charge in [0.05, 0.1) is 14.2 Å². The van der Waals surface area contributed by atoms with Gasteiger partial charge < -0.3 is 25.0 Å². The van der Waals surface area contributed by atoms with Gasteiger partial charge in [-0.1, -0.05) is 0 Å². The normalized spacial score (nSPS) is 15.2. The Kier molecular flexibility index (Phi) is 6.93. The van der Waals surface area contributed by atoms with Crippen molar-refractivity contribution in [2.45, 2.75) is 39.2 Å². The zero-order valence-electron chi connectivity index (χ0n) is 16.9. The van der Waals surface area contributed by atoms with E-state index in [0.717, 1.165) is 12.8 Å². The van der Waals surface area contributed by atoms with Crippen molar-refractivity contribution in [3.05, 3.63) is 23.8 Å². The van der Waals surface area contributed by atoms with E-state index in [0.29, 0.717) is 42.6 Å². The zero-order valence-corrected chi connectivity index (χ0v) is 16.9. The second-order valence-corrected chi connectivity index (χ2v) is 7.92. The molecular weight excluding hydrogens is 346 g/mol. The van der Waals surface area contributed by atoms with Gasteiger partial charge in [-0.15, -0.1) is 0 Å². The van der Waals surface area contributed by atoms with Gasteiger partial charge in [-0.3, -0.25) is 4.79 Å². The Morgan fingerprint density at radius 1 is 1.07 bits per heavy atom. The Balaban J connectivity index is 1.83. The lowest BCUT2D eigenvalue weighted by molar-refractivity contribution is 0.0936. The van der Waals surface area contributed by atoms with E-state index in [1.807, 2.05) is 25.7 Å². The van der Waals surface area contributed by atoms with E-state index in [1.165, 1.54) is 0 Å². The number of likely N-dealkylation sites (tertiary alicyclic amines) is 1. The predicted molar refractivity (Wildman–Crippen MR) is 104 cm³/mol. The van der Waals surface area contributed by atoms with Crippen LogP contribution in [-0.2, 0) is 0 Å². The molecule has 1 saturated heterocycles. The van der Waals surface area contributed by atoms with Crippen molar-refractivity contribution in [3.8, 4) is 11.5 Å². The van der Waals surface area contributed by atoms with E-state index in [-0.39, 0.29) is 17.5 Å². The smallest absolute Gasteiger partial charge is 0.317 e. The van der Waals surface area contributed by atoms with Crippen molar-refractivity contribution in [1.82, 2.24) is 15.5 Å². The monoisotopic (exact) mass is 377 g/mol. The molecule has 7 heteroatoms. The molecule has 1 aliphatic rings. The number of ether oxygens (including phenoxy) is 2. The minimum Gasteiger partial charge on any atom is -0.497 e. The van der Waals surface area contributed by atoms with Crippen LogP contribution >= 0.6 is 0 Å². The highest BCUT2D eigenvalue weighted by atomic mass is 16.5. The third kappa shape index (κ3) is 6.34. The number of rotatable bonds is 5. The van der Waals surface area contributed by atoms with Crippen molar-refractivity contribution >= 4 is 11.9 Å². The Bertz CT molecular complexity index is 639. The summed E-state index contributed by atoms with van der Waals surface area (Å²) in [5.41, 5.74) is 0.271. The van der Waals surface area contributed by atoms with E-state index >= 15 is 0 Å². The fourth-order valence-electron chi connectivity index (χ4n) is 3.02. The summed E-state index contributed by atoms with van der Waals surface area (Å²) in [4.78, 5) is 26.5. The zero-order chi connectivity index (χ0) is 20.0. The highest BCUT2D eigenvalue weighted by Crippen LogP contribution is 2.23. The second kappa shape index (κ2) is 8.97. The molecule has 2 N–H and O–H groups in total. The predicted octanol–water partition coefficient (Wildman–Crippen LogP) is 2.65. The van der Waals surface area contributed by atoms with Gasteiger partial charge in [-0.05, 0) is 51.7 Å². The first kappa shape index (κ1) is 20.9. The molecule has 0 unspecified atom stereocenters. The fourth-order valence-corrected chi connectivity index (χ4v) is 3.02. The maximum Gasteiger partial charge on any atom is 0.317 e. The number of urea groups is 1. The van der Waals surface area contributed by atoms with Gasteiger partial charge in [-0.2, -0.15) is 0 Å². The number of amides is 3. The number of methoxy groups -OCH3 is 2. The van der Waals surface area contributed by atoms with Crippen LogP contribution in [0.2, 0.25) is 0 Å². The van der Waals surface area contributed by atoms with Gasteiger partial charge >= 0.3 is 6.03 Å². The number of benzene rings is 1. The number of piperidine rings is 1. The first-order valence-electron chi connectivity index (χ1n) is 9.30. The molecule has 0 saturated carbocycles. The van der Waals surface area contributed by atoms with Crippen molar-refractivity contribution < 1.29 is 19.1 Å². The van der Waals surface area contributed by atoms with E-state index < -0.39 is 0 Å². The molecule has 1 heterocycles. The summed E-state index contributed by atoms with van der Waals surface area (Å²) in [5, 5.41) is 5.98. The third-order valence-electron chi connectivity index (χ3n) is 4.55. The second-order valence-electron chi connectivity index (χ2n) is 7.92. The number of nitrogens with zero attached hydrogens (tertiary/aromatic N) is 1. The van der Waals surface area contributed by atoms with E-state index in [2.05, 4.69) is 10.6 Å². The summed E-state index contributed by atoms with van der Waals surface area (Å²) < 4.78 is 10.4. The molecule has 1 aliphatic heterocycles. The maximum absolute atomic E-state index is 12.5. The number of nitrogens with one attached hydrogen (secondary N) is 2. The van der Waals surface area contributed by atoms with Gasteiger partial charge in [0.2, 0.25) is 0 Å². The molecule has 2 rings (SSSR count). The number of hydrogen-bond acceptors (Lipinski definition) is 4. The van der Waals surface area contributed by atoms with Crippen LogP contribution < -0.4 is 20.1 Å². The number of carbonyl (C=O) groups excluding carboxylic acids is 2. The fraction of sp³-hybridized carbons (Fsp3) is 0.600. The molecule has 1 fully saturated rings. The highest BCUT2D eigenvalue weighted by Gasteiger charge is 2.25. The number of carbonyl (C=O) groups is 2. The summed E-state index contributed by atoms with van der Waals surface area (Å²) >= 11 is 0. The molecular formula is C20H31N3O4. The lowest BCUT2D eigenvalue weighted by Crippen LogP contribution is -2.51. The molecule has 1 aromatic rings. The lowest BCUT2D eigenvalue weighted by Gasteiger charge is -2.34. The molecule has 0 atom stereocenters. The van der Waals surface area contributed by atoms with Crippen LogP contribution in [0.4, 0.5) is 4.79 Å². The minimum absolute atomic E-state index is 0.0199. The summed E-state index contributed by atoms with van der Waals surface area (Å²) in [6, 6.07) is 5.09. The quantitative estimate of drug-likeness (QED) is 0.827. The summed E-state index contributed by atoms with van der Waals surface area (Å²) in [7, 11) is 3.11. The van der Waals surface area contributed by atoms with Crippen LogP contribution in [0.3, 0.4) is 0 Å². The van der Waals surface area contributed by atoms with Crippen molar-refractivity contribution in [2.75, 3.05) is 33.9 Å². The van der Waals surface area contributed by atoms with E-state index in [1.54, 1.807) is 32.4 Å². The average Bonchev–Trinajstić information content (AvgIpc) is 2.64. The summed E-state index contributed by atoms with van der Waals surface area (Å²) in [6.45, 7) is 7.92. The van der Waals surface area contributed by atoms with Gasteiger partial charge in [0, 0.05) is 36.8 Å². The van der Waals surface area contributed by atoms with E-state index in [9.17, 15) is 9.59 Å². The van der Waals surface area contributed by atoms with Crippen molar-refractivity contribution in [2.24, 2.45) is 5.92 Å². The van der Waals surface area contributed by atoms with Crippen LogP contribution in [0.15, 0.2) is 18.2 Å². The topological polar surface area (TPSA) is 79.9 Å². The maximum atomic E-state index is 12.5. The van der Waals surface area contributed by atoms with Gasteiger partial charge in [-0.25, -0.2) is 4.79 Å². The molecule has 150 valence electrons. The standard InChI is InChI=1S/C20H31N3O4/c1-20(2,3)22-19(25)23-8-6-14(7-9-23)13-21-18(24)15-10-16(26-4)12-17(11-15)27-5/h10-12,14H,6-9,13H2,1-5H3,(H,21,24)(H,22,25). The summed E-state index contributed by atoms with van der Waals surface area (Å²) in [6.07, 6.45) is 1.75. The number of hydrogen-bond donors (Lipinski definition) is 2. The molecule has 0 radical (unpaired) electrons. The SMILES string of the molecule is COc1cc(OC)cc(C(=O)NCC2CCN(C(=O)NC(C)(C)C)CC2)c1. The Morgan fingerprint density at radius 2 is 1.63 bits per heavy atom. The van der Waals surface area contributed by atoms with Gasteiger partial charge in [0.1, 0.15) is 11.5 Å². The van der Waals surface area contributed by atoms with Crippen LogP contribution in [0, 0.1) is 5.92 Å². The Hall–Kier alpha value is -2.44. The average molecular weight is 377 g/mol. The Labute approximate surface area is 161 Å². The van der Waals surface area contributed by atoms with Gasteiger partial charge in [0.15, 0.2) is 0 Å². The first-order chi connectivity index (χ1) is 12.7. The first-order valence-corrected chi connectivity index (χ1v) is 9.30. The van der Waals surface area contributed by atoms with Crippen molar-refractivity contribution in [3.63, 3.8) is 0 Å². The molecule has 0 spiro atoms. The minimum atomic E-state index is -0.236. The van der Waals surface area contributed by atoms with Crippen LogP contribution in [0.1, 0.15) is 44.0 Å². The van der Waals surface area contributed by atoms with Crippen LogP contribution in [-0.4, -0.2) is 56.2 Å². The van der Waals surface area contributed by atoms with Crippen molar-refractivity contribution in [1.29, 1.82) is 0 Å². The molecule has 3 amide bonds. The van der Waals surface area contributed by atoms with E-state index in [4.69, 9.17) is 9.47 Å². The third-order valence-corrected chi connectivity index (χ3v) is 4.55. The largest absolute Gasteiger partial charge is 0.497 e. The van der Waals surface area contributed by atoms with Crippen LogP contribution in [0.5, 0.6) is 11.5 Å².